The van der Waals surface area contributed by atoms with Gasteiger partial charge >= 0.3 is 0 Å². The molecule has 0 saturated heterocycles. The molecule has 0 amide bonds. The van der Waals surface area contributed by atoms with Crippen LogP contribution in [0.3, 0.4) is 0 Å². The zero-order valence-corrected chi connectivity index (χ0v) is 12.0. The van der Waals surface area contributed by atoms with Crippen molar-refractivity contribution in [3.63, 3.8) is 0 Å². The molecule has 0 saturated carbocycles. The zero-order chi connectivity index (χ0) is 14.2. The molecule has 1 N–H and O–H groups in total. The number of pyridine rings is 1. The number of rotatable bonds is 7. The van der Waals surface area contributed by atoms with Crippen LogP contribution in [0.25, 0.3) is 0 Å². The lowest BCUT2D eigenvalue weighted by Crippen LogP contribution is -2.29. The summed E-state index contributed by atoms with van der Waals surface area (Å²) in [5.74, 6) is 0.885. The van der Waals surface area contributed by atoms with Gasteiger partial charge in [-0.05, 0) is 24.3 Å². The quantitative estimate of drug-likeness (QED) is 0.784. The normalized spacial score (nSPS) is 10.3. The van der Waals surface area contributed by atoms with Gasteiger partial charge in [-0.3, -0.25) is 4.98 Å². The molecule has 1 aromatic carbocycles. The summed E-state index contributed by atoms with van der Waals surface area (Å²) in [6, 6.07) is 14.0. The standard InChI is InChI=1S/C16H21N3O/c1-19(15-7-5-8-16(12-15)20-2)11-10-17-13-14-6-3-4-9-18-14/h3-9,12,17H,10-11,13H2,1-2H3. The van der Waals surface area contributed by atoms with E-state index in [4.69, 9.17) is 4.74 Å². The van der Waals surface area contributed by atoms with Crippen molar-refractivity contribution < 1.29 is 4.74 Å². The fraction of sp³-hybridized carbons (Fsp3) is 0.312. The van der Waals surface area contributed by atoms with Gasteiger partial charge in [0, 0.05) is 44.6 Å². The van der Waals surface area contributed by atoms with Crippen LogP contribution >= 0.6 is 0 Å². The summed E-state index contributed by atoms with van der Waals surface area (Å²) in [6.07, 6.45) is 1.82. The fourth-order valence-electron chi connectivity index (χ4n) is 1.94. The molecular formula is C16H21N3O. The lowest BCUT2D eigenvalue weighted by atomic mass is 10.3. The summed E-state index contributed by atoms with van der Waals surface area (Å²) >= 11 is 0. The van der Waals surface area contributed by atoms with Gasteiger partial charge in [-0.15, -0.1) is 0 Å². The van der Waals surface area contributed by atoms with E-state index in [0.29, 0.717) is 0 Å². The van der Waals surface area contributed by atoms with Crippen molar-refractivity contribution in [1.29, 1.82) is 0 Å². The number of likely N-dealkylation sites (N-methyl/N-ethyl adjacent to an activating group) is 1. The maximum Gasteiger partial charge on any atom is 0.120 e. The highest BCUT2D eigenvalue weighted by Gasteiger charge is 2.02. The van der Waals surface area contributed by atoms with Gasteiger partial charge in [-0.25, -0.2) is 0 Å². The second-order valence-electron chi connectivity index (χ2n) is 4.62. The maximum absolute atomic E-state index is 5.24. The molecule has 1 heterocycles. The van der Waals surface area contributed by atoms with Gasteiger partial charge in [-0.2, -0.15) is 0 Å². The Morgan fingerprint density at radius 3 is 2.85 bits per heavy atom. The maximum atomic E-state index is 5.24. The monoisotopic (exact) mass is 271 g/mol. The Labute approximate surface area is 120 Å². The molecule has 2 aromatic rings. The predicted molar refractivity (Wildman–Crippen MR) is 82.2 cm³/mol. The fourth-order valence-corrected chi connectivity index (χ4v) is 1.94. The summed E-state index contributed by atoms with van der Waals surface area (Å²) in [5.41, 5.74) is 2.22. The molecule has 20 heavy (non-hydrogen) atoms. The molecule has 0 aliphatic heterocycles. The highest BCUT2D eigenvalue weighted by molar-refractivity contribution is 5.50. The van der Waals surface area contributed by atoms with Crippen molar-refractivity contribution >= 4 is 5.69 Å². The third kappa shape index (κ3) is 4.24. The molecule has 0 bridgehead atoms. The van der Waals surface area contributed by atoms with Crippen LogP contribution in [0.15, 0.2) is 48.7 Å². The van der Waals surface area contributed by atoms with Crippen LogP contribution in [0.1, 0.15) is 5.69 Å². The average Bonchev–Trinajstić information content (AvgIpc) is 2.52. The summed E-state index contributed by atoms with van der Waals surface area (Å²) in [5, 5.41) is 3.40. The van der Waals surface area contributed by atoms with E-state index >= 15 is 0 Å². The van der Waals surface area contributed by atoms with E-state index in [9.17, 15) is 0 Å². The number of nitrogens with zero attached hydrogens (tertiary/aromatic N) is 2. The minimum atomic E-state index is 0.798. The summed E-state index contributed by atoms with van der Waals surface area (Å²) < 4.78 is 5.24. The summed E-state index contributed by atoms with van der Waals surface area (Å²) in [4.78, 5) is 6.49. The number of methoxy groups -OCH3 is 1. The van der Waals surface area contributed by atoms with E-state index in [2.05, 4.69) is 28.3 Å². The van der Waals surface area contributed by atoms with Crippen LogP contribution in [-0.2, 0) is 6.54 Å². The summed E-state index contributed by atoms with van der Waals surface area (Å²) in [7, 11) is 3.77. The minimum Gasteiger partial charge on any atom is -0.497 e. The second kappa shape index (κ2) is 7.50. The molecule has 4 nitrogen and oxygen atoms in total. The molecule has 0 spiro atoms. The Bertz CT molecular complexity index is 516. The second-order valence-corrected chi connectivity index (χ2v) is 4.62. The molecule has 0 radical (unpaired) electrons. The zero-order valence-electron chi connectivity index (χ0n) is 12.0. The first-order valence-electron chi connectivity index (χ1n) is 6.75. The highest BCUT2D eigenvalue weighted by atomic mass is 16.5. The van der Waals surface area contributed by atoms with Crippen molar-refractivity contribution in [2.75, 3.05) is 32.1 Å². The van der Waals surface area contributed by atoms with E-state index in [0.717, 1.165) is 36.8 Å². The van der Waals surface area contributed by atoms with E-state index in [1.807, 2.05) is 42.6 Å². The van der Waals surface area contributed by atoms with Crippen LogP contribution in [-0.4, -0.2) is 32.2 Å². The number of hydrogen-bond acceptors (Lipinski definition) is 4. The van der Waals surface area contributed by atoms with Crippen LogP contribution < -0.4 is 15.0 Å². The molecule has 0 unspecified atom stereocenters. The SMILES string of the molecule is COc1cccc(N(C)CCNCc2ccccn2)c1. The molecule has 2 rings (SSSR count). The molecule has 4 heteroatoms. The predicted octanol–water partition coefficient (Wildman–Crippen LogP) is 2.32. The van der Waals surface area contributed by atoms with Gasteiger partial charge < -0.3 is 15.0 Å². The molecule has 0 aliphatic rings. The van der Waals surface area contributed by atoms with E-state index in [1.54, 1.807) is 7.11 Å². The van der Waals surface area contributed by atoms with E-state index in [-0.39, 0.29) is 0 Å². The first-order chi connectivity index (χ1) is 9.79. The average molecular weight is 271 g/mol. The third-order valence-corrected chi connectivity index (χ3v) is 3.15. The van der Waals surface area contributed by atoms with Gasteiger partial charge in [-0.1, -0.05) is 12.1 Å². The van der Waals surface area contributed by atoms with Gasteiger partial charge in [0.2, 0.25) is 0 Å². The molecule has 0 fully saturated rings. The first kappa shape index (κ1) is 14.3. The largest absolute Gasteiger partial charge is 0.497 e. The smallest absolute Gasteiger partial charge is 0.120 e. The third-order valence-electron chi connectivity index (χ3n) is 3.15. The molecule has 0 atom stereocenters. The van der Waals surface area contributed by atoms with E-state index in [1.165, 1.54) is 0 Å². The van der Waals surface area contributed by atoms with Gasteiger partial charge in [0.05, 0.1) is 12.8 Å². The lowest BCUT2D eigenvalue weighted by molar-refractivity contribution is 0.415. The number of ether oxygens (including phenoxy) is 1. The van der Waals surface area contributed by atoms with Crippen molar-refractivity contribution in [3.8, 4) is 5.75 Å². The Hall–Kier alpha value is -2.07. The molecule has 0 aliphatic carbocycles. The molecule has 1 aromatic heterocycles. The summed E-state index contributed by atoms with van der Waals surface area (Å²) in [6.45, 7) is 2.64. The van der Waals surface area contributed by atoms with Crippen molar-refractivity contribution in [2.24, 2.45) is 0 Å². The van der Waals surface area contributed by atoms with Crippen LogP contribution in [0.4, 0.5) is 5.69 Å². The topological polar surface area (TPSA) is 37.4 Å². The number of anilines is 1. The number of benzene rings is 1. The van der Waals surface area contributed by atoms with Crippen molar-refractivity contribution in [1.82, 2.24) is 10.3 Å². The first-order valence-corrected chi connectivity index (χ1v) is 6.75. The Morgan fingerprint density at radius 2 is 2.10 bits per heavy atom. The van der Waals surface area contributed by atoms with Crippen molar-refractivity contribution in [2.45, 2.75) is 6.54 Å². The van der Waals surface area contributed by atoms with Crippen LogP contribution in [0.2, 0.25) is 0 Å². The lowest BCUT2D eigenvalue weighted by Gasteiger charge is -2.20. The number of nitrogens with one attached hydrogen (secondary N) is 1. The van der Waals surface area contributed by atoms with Crippen LogP contribution in [0, 0.1) is 0 Å². The van der Waals surface area contributed by atoms with Gasteiger partial charge in [0.15, 0.2) is 0 Å². The Balaban J connectivity index is 1.76. The number of hydrogen-bond donors (Lipinski definition) is 1. The van der Waals surface area contributed by atoms with Crippen LogP contribution in [0.5, 0.6) is 5.75 Å². The Morgan fingerprint density at radius 1 is 1.20 bits per heavy atom. The van der Waals surface area contributed by atoms with E-state index < -0.39 is 0 Å². The molecular weight excluding hydrogens is 250 g/mol. The highest BCUT2D eigenvalue weighted by Crippen LogP contribution is 2.19. The molecule has 106 valence electrons. The van der Waals surface area contributed by atoms with Gasteiger partial charge in [0.1, 0.15) is 5.75 Å². The Kier molecular flexibility index (Phi) is 5.38. The number of aromatic nitrogens is 1. The van der Waals surface area contributed by atoms with Gasteiger partial charge in [0.25, 0.3) is 0 Å². The minimum absolute atomic E-state index is 0.798. The van der Waals surface area contributed by atoms with Crippen molar-refractivity contribution in [3.05, 3.63) is 54.4 Å².